The zero-order chi connectivity index (χ0) is 23.7. The van der Waals surface area contributed by atoms with Crippen LogP contribution in [0.4, 0.5) is 4.39 Å². The van der Waals surface area contributed by atoms with Crippen molar-refractivity contribution in [2.45, 2.75) is 18.4 Å². The van der Waals surface area contributed by atoms with Gasteiger partial charge in [-0.1, -0.05) is 12.1 Å². The number of nitrogens with zero attached hydrogens (tertiary/aromatic N) is 2. The summed E-state index contributed by atoms with van der Waals surface area (Å²) in [4.78, 5) is 23.6. The number of carboxylic acids is 1. The molecule has 0 fully saturated rings. The average molecular weight is 459 g/mol. The van der Waals surface area contributed by atoms with E-state index in [4.69, 9.17) is 5.11 Å². The van der Waals surface area contributed by atoms with Crippen LogP contribution in [0.3, 0.4) is 0 Å². The third-order valence-electron chi connectivity index (χ3n) is 4.03. The first-order valence-corrected chi connectivity index (χ1v) is 10.8. The number of ketones is 1. The Hall–Kier alpha value is -3.63. The van der Waals surface area contributed by atoms with Gasteiger partial charge < -0.3 is 10.4 Å². The molecule has 0 saturated carbocycles. The Bertz CT molecular complexity index is 1210. The predicted octanol–water partition coefficient (Wildman–Crippen LogP) is 2.86. The number of nitrogens with one attached hydrogen (secondary N) is 1. The number of aliphatic carboxylic acids is 1. The molecule has 32 heavy (non-hydrogen) atoms. The molecule has 0 spiro atoms. The van der Waals surface area contributed by atoms with Gasteiger partial charge in [-0.3, -0.25) is 9.78 Å². The van der Waals surface area contributed by atoms with E-state index >= 15 is 0 Å². The maximum absolute atomic E-state index is 14.2. The summed E-state index contributed by atoms with van der Waals surface area (Å²) in [6.07, 6.45) is 6.09. The fraction of sp³-hybridized carbons (Fsp3) is 0.136. The minimum atomic E-state index is -3.87. The van der Waals surface area contributed by atoms with Gasteiger partial charge in [0.1, 0.15) is 10.7 Å². The average Bonchev–Trinajstić information content (AvgIpc) is 3.18. The van der Waals surface area contributed by atoms with E-state index < -0.39 is 21.8 Å². The summed E-state index contributed by atoms with van der Waals surface area (Å²) in [5, 5.41) is 10.9. The van der Waals surface area contributed by atoms with Crippen LogP contribution in [-0.2, 0) is 26.2 Å². The Balaban J connectivity index is 0.000000390. The molecule has 2 N–H and O–H groups in total. The molecule has 0 aliphatic carbocycles. The summed E-state index contributed by atoms with van der Waals surface area (Å²) in [5.74, 6) is -1.83. The summed E-state index contributed by atoms with van der Waals surface area (Å²) >= 11 is 0. The lowest BCUT2D eigenvalue weighted by molar-refractivity contribution is -0.131. The first-order chi connectivity index (χ1) is 15.2. The minimum Gasteiger partial charge on any atom is -0.478 e. The van der Waals surface area contributed by atoms with Crippen molar-refractivity contribution in [1.29, 1.82) is 0 Å². The summed E-state index contributed by atoms with van der Waals surface area (Å²) in [6, 6.07) is 10.8. The molecular formula is C22H22FN3O5S. The highest BCUT2D eigenvalue weighted by Gasteiger charge is 2.23. The van der Waals surface area contributed by atoms with Crippen molar-refractivity contribution in [3.8, 4) is 11.3 Å². The molecule has 10 heteroatoms. The highest BCUT2D eigenvalue weighted by atomic mass is 32.2. The maximum atomic E-state index is 14.2. The van der Waals surface area contributed by atoms with Crippen LogP contribution < -0.4 is 5.32 Å². The minimum absolute atomic E-state index is 0.0502. The third kappa shape index (κ3) is 6.43. The van der Waals surface area contributed by atoms with Gasteiger partial charge in [-0.2, -0.15) is 0 Å². The second-order valence-electron chi connectivity index (χ2n) is 6.52. The second-order valence-corrected chi connectivity index (χ2v) is 8.33. The number of carbonyl (C=O) groups excluding carboxylic acids is 1. The molecule has 2 heterocycles. The molecule has 3 aromatic rings. The van der Waals surface area contributed by atoms with Gasteiger partial charge in [0.05, 0.1) is 5.69 Å². The Morgan fingerprint density at radius 1 is 1.19 bits per heavy atom. The third-order valence-corrected chi connectivity index (χ3v) is 5.68. The van der Waals surface area contributed by atoms with Gasteiger partial charge in [-0.25, -0.2) is 21.6 Å². The first kappa shape index (κ1) is 24.6. The first-order valence-electron chi connectivity index (χ1n) is 9.34. The smallest absolute Gasteiger partial charge is 0.328 e. The number of benzene rings is 1. The Kier molecular flexibility index (Phi) is 8.56. The zero-order valence-electron chi connectivity index (χ0n) is 17.4. The zero-order valence-corrected chi connectivity index (χ0v) is 18.2. The van der Waals surface area contributed by atoms with Crippen LogP contribution in [0, 0.1) is 5.82 Å². The number of carbonyl (C=O) groups is 2. The van der Waals surface area contributed by atoms with Gasteiger partial charge in [0.15, 0.2) is 5.78 Å². The van der Waals surface area contributed by atoms with Crippen molar-refractivity contribution >= 4 is 21.8 Å². The van der Waals surface area contributed by atoms with E-state index in [1.54, 1.807) is 37.4 Å². The number of pyridine rings is 1. The van der Waals surface area contributed by atoms with Crippen LogP contribution >= 0.6 is 0 Å². The lowest BCUT2D eigenvalue weighted by atomic mass is 10.1. The van der Waals surface area contributed by atoms with Crippen LogP contribution in [0.5, 0.6) is 0 Å². The van der Waals surface area contributed by atoms with Crippen molar-refractivity contribution in [3.63, 3.8) is 0 Å². The molecule has 0 aliphatic rings. The van der Waals surface area contributed by atoms with Crippen LogP contribution in [0.15, 0.2) is 78.1 Å². The predicted molar refractivity (Wildman–Crippen MR) is 117 cm³/mol. The van der Waals surface area contributed by atoms with Crippen LogP contribution in [-0.4, -0.2) is 41.3 Å². The van der Waals surface area contributed by atoms with Gasteiger partial charge in [-0.05, 0) is 55.9 Å². The Morgan fingerprint density at radius 3 is 2.44 bits per heavy atom. The van der Waals surface area contributed by atoms with Crippen molar-refractivity contribution in [3.05, 3.63) is 84.6 Å². The molecule has 168 valence electrons. The molecule has 0 bridgehead atoms. The highest BCUT2D eigenvalue weighted by molar-refractivity contribution is 7.90. The molecule has 0 aliphatic heterocycles. The summed E-state index contributed by atoms with van der Waals surface area (Å²) in [7, 11) is -2.11. The molecule has 0 saturated heterocycles. The number of carboxylic acid groups (broad SMARTS) is 1. The van der Waals surface area contributed by atoms with E-state index in [0.717, 1.165) is 21.7 Å². The van der Waals surface area contributed by atoms with E-state index in [-0.39, 0.29) is 21.9 Å². The number of rotatable bonds is 7. The SMILES string of the molecule is CC(=O)/C=C/C(=O)O.CNCc1cc(-c2ccccc2F)n(S(=O)(=O)c2cccnc2)c1. The van der Waals surface area contributed by atoms with Crippen LogP contribution in [0.2, 0.25) is 0 Å². The molecule has 2 aromatic heterocycles. The Labute approximate surface area is 185 Å². The van der Waals surface area contributed by atoms with Gasteiger partial charge >= 0.3 is 5.97 Å². The lowest BCUT2D eigenvalue weighted by Gasteiger charge is -2.10. The maximum Gasteiger partial charge on any atom is 0.328 e. The monoisotopic (exact) mass is 459 g/mol. The fourth-order valence-electron chi connectivity index (χ4n) is 2.66. The van der Waals surface area contributed by atoms with Crippen LogP contribution in [0.1, 0.15) is 12.5 Å². The topological polar surface area (TPSA) is 118 Å². The molecule has 0 radical (unpaired) electrons. The van der Waals surface area contributed by atoms with Crippen LogP contribution in [0.25, 0.3) is 11.3 Å². The molecule has 3 rings (SSSR count). The summed E-state index contributed by atoms with van der Waals surface area (Å²) < 4.78 is 41.2. The molecule has 0 unspecified atom stereocenters. The van der Waals surface area contributed by atoms with Gasteiger partial charge in [0.2, 0.25) is 0 Å². The lowest BCUT2D eigenvalue weighted by Crippen LogP contribution is -2.14. The van der Waals surface area contributed by atoms with Gasteiger partial charge in [-0.15, -0.1) is 0 Å². The van der Waals surface area contributed by atoms with Crippen molar-refractivity contribution in [2.75, 3.05) is 7.05 Å². The van der Waals surface area contributed by atoms with E-state index in [2.05, 4.69) is 10.3 Å². The molecule has 1 aromatic carbocycles. The van der Waals surface area contributed by atoms with Gasteiger partial charge in [0.25, 0.3) is 10.0 Å². The standard InChI is InChI=1S/C17H16FN3O2S.C5H6O3/c1-19-10-13-9-17(15-6-2-3-7-16(15)18)21(12-13)24(22,23)14-5-4-8-20-11-14;1-4(6)2-3-5(7)8/h2-9,11-12,19H,10H2,1H3;2-3H,1H3,(H,7,8)/b;3-2+. The summed E-state index contributed by atoms with van der Waals surface area (Å²) in [5.41, 5.74) is 1.25. The number of allylic oxidation sites excluding steroid dienone is 1. The largest absolute Gasteiger partial charge is 0.478 e. The molecule has 0 amide bonds. The Morgan fingerprint density at radius 2 is 1.91 bits per heavy atom. The number of hydrogen-bond acceptors (Lipinski definition) is 6. The normalized spacial score (nSPS) is 11.1. The van der Waals surface area contributed by atoms with E-state index in [1.165, 1.54) is 37.6 Å². The fourth-order valence-corrected chi connectivity index (χ4v) is 4.02. The molecule has 8 nitrogen and oxygen atoms in total. The quantitative estimate of drug-likeness (QED) is 0.522. The van der Waals surface area contributed by atoms with Gasteiger partial charge in [0, 0.05) is 36.8 Å². The molecular weight excluding hydrogens is 437 g/mol. The number of halogens is 1. The van der Waals surface area contributed by atoms with E-state index in [0.29, 0.717) is 6.54 Å². The molecule has 0 atom stereocenters. The summed E-state index contributed by atoms with van der Waals surface area (Å²) in [6.45, 7) is 1.76. The highest BCUT2D eigenvalue weighted by Crippen LogP contribution is 2.28. The van der Waals surface area contributed by atoms with E-state index in [1.807, 2.05) is 0 Å². The van der Waals surface area contributed by atoms with Crippen molar-refractivity contribution < 1.29 is 27.5 Å². The van der Waals surface area contributed by atoms with E-state index in [9.17, 15) is 22.4 Å². The van der Waals surface area contributed by atoms with Crippen molar-refractivity contribution in [1.82, 2.24) is 14.3 Å². The number of hydrogen-bond donors (Lipinski definition) is 2. The number of aromatic nitrogens is 2. The van der Waals surface area contributed by atoms with Crippen molar-refractivity contribution in [2.24, 2.45) is 0 Å². The second kappa shape index (κ2) is 11.1.